The van der Waals surface area contributed by atoms with E-state index in [1.807, 2.05) is 27.1 Å². The molecule has 0 aromatic heterocycles. The summed E-state index contributed by atoms with van der Waals surface area (Å²) in [5, 5.41) is 0. The highest BCUT2D eigenvalue weighted by molar-refractivity contribution is 5.26. The van der Waals surface area contributed by atoms with Crippen LogP contribution in [0.2, 0.25) is 0 Å². The predicted molar refractivity (Wildman–Crippen MR) is 82.8 cm³/mol. The van der Waals surface area contributed by atoms with Gasteiger partial charge in [-0.05, 0) is 18.6 Å². The van der Waals surface area contributed by atoms with Crippen molar-refractivity contribution in [2.24, 2.45) is 5.92 Å². The van der Waals surface area contributed by atoms with E-state index in [9.17, 15) is 0 Å². The van der Waals surface area contributed by atoms with Crippen LogP contribution in [0.15, 0.2) is 28.7 Å². The molecule has 4 nitrogen and oxygen atoms in total. The molecule has 0 heterocycles. The summed E-state index contributed by atoms with van der Waals surface area (Å²) in [4.78, 5) is 2.08. The first-order valence-electron chi connectivity index (χ1n) is 6.79. The summed E-state index contributed by atoms with van der Waals surface area (Å²) in [5.74, 6) is 0.193. The number of rotatable bonds is 9. The second-order valence-electron chi connectivity index (χ2n) is 4.85. The molecule has 1 unspecified atom stereocenters. The molecule has 0 saturated heterocycles. The molecule has 0 N–H and O–H groups in total. The number of nitrogens with zero attached hydrogens (tertiary/aromatic N) is 1. The lowest BCUT2D eigenvalue weighted by Crippen LogP contribution is -2.23. The normalized spacial score (nSPS) is 13.3. The van der Waals surface area contributed by atoms with Crippen LogP contribution in [0, 0.1) is 5.92 Å². The minimum Gasteiger partial charge on any atom is -0.380 e. The highest BCUT2D eigenvalue weighted by Gasteiger charge is 2.19. The Morgan fingerprint density at radius 1 is 1.05 bits per heavy atom. The molecule has 0 aliphatic rings. The second kappa shape index (κ2) is 10.7. The zero-order valence-corrected chi connectivity index (χ0v) is 13.9. The van der Waals surface area contributed by atoms with E-state index >= 15 is 0 Å². The molecule has 0 spiro atoms. The maximum Gasteiger partial charge on any atom is 0.0861 e. The van der Waals surface area contributed by atoms with Crippen LogP contribution in [0.4, 0.5) is 0 Å². The maximum atomic E-state index is 5.38. The van der Waals surface area contributed by atoms with Crippen molar-refractivity contribution in [1.29, 1.82) is 0 Å². The quantitative estimate of drug-likeness (QED) is 0.608. The molecule has 0 radical (unpaired) electrons. The van der Waals surface area contributed by atoms with Crippen LogP contribution in [0.3, 0.4) is 0 Å². The van der Waals surface area contributed by atoms with Crippen molar-refractivity contribution in [2.45, 2.75) is 13.8 Å². The van der Waals surface area contributed by atoms with Gasteiger partial charge >= 0.3 is 0 Å². The van der Waals surface area contributed by atoms with Crippen molar-refractivity contribution in [3.63, 3.8) is 0 Å². The fraction of sp³-hybridized carbons (Fsp3) is 0.688. The Balaban J connectivity index is 5.63. The Morgan fingerprint density at radius 3 is 2.00 bits per heavy atom. The molecule has 0 saturated carbocycles. The SMILES string of the molecule is CC=C=C(COC)C(C)/C(COC)=C(/COC)N(C)C. The van der Waals surface area contributed by atoms with Crippen LogP contribution in [-0.4, -0.2) is 60.1 Å². The number of hydrogen-bond acceptors (Lipinski definition) is 4. The first kappa shape index (κ1) is 18.9. The summed E-state index contributed by atoms with van der Waals surface area (Å²) in [7, 11) is 9.16. The average molecular weight is 283 g/mol. The van der Waals surface area contributed by atoms with E-state index in [1.54, 1.807) is 21.3 Å². The van der Waals surface area contributed by atoms with Crippen LogP contribution in [0.1, 0.15) is 13.8 Å². The Labute approximate surface area is 123 Å². The van der Waals surface area contributed by atoms with Gasteiger partial charge in [-0.2, -0.15) is 0 Å². The number of hydrogen-bond donors (Lipinski definition) is 0. The van der Waals surface area contributed by atoms with Gasteiger partial charge in [0.1, 0.15) is 0 Å². The lowest BCUT2D eigenvalue weighted by atomic mass is 9.92. The molecule has 116 valence electrons. The number of likely N-dealkylation sites (N-methyl/N-ethyl adjacent to an activating group) is 1. The molecule has 4 heteroatoms. The zero-order chi connectivity index (χ0) is 15.5. The van der Waals surface area contributed by atoms with Gasteiger partial charge in [-0.3, -0.25) is 0 Å². The van der Waals surface area contributed by atoms with E-state index in [4.69, 9.17) is 14.2 Å². The Kier molecular flexibility index (Phi) is 10.1. The van der Waals surface area contributed by atoms with E-state index in [0.717, 1.165) is 11.3 Å². The summed E-state index contributed by atoms with van der Waals surface area (Å²) in [6.45, 7) is 5.80. The van der Waals surface area contributed by atoms with Gasteiger partial charge in [0, 0.05) is 52.6 Å². The third kappa shape index (κ3) is 5.93. The molecule has 0 bridgehead atoms. The van der Waals surface area contributed by atoms with Gasteiger partial charge in [0.2, 0.25) is 0 Å². The van der Waals surface area contributed by atoms with Gasteiger partial charge < -0.3 is 19.1 Å². The van der Waals surface area contributed by atoms with Crippen LogP contribution in [0.5, 0.6) is 0 Å². The highest BCUT2D eigenvalue weighted by Crippen LogP contribution is 2.24. The molecule has 0 fully saturated rings. The standard InChI is InChI=1S/C16H29NO3/c1-8-9-14(10-18-5)13(2)15(11-19-6)16(12-20-7)17(3)4/h8,13H,10-12H2,1-7H3/b16-15-. The molecule has 1 atom stereocenters. The summed E-state index contributed by atoms with van der Waals surface area (Å²) in [5.41, 5.74) is 6.71. The van der Waals surface area contributed by atoms with Gasteiger partial charge in [-0.25, -0.2) is 0 Å². The van der Waals surface area contributed by atoms with Gasteiger partial charge in [-0.1, -0.05) is 6.92 Å². The van der Waals surface area contributed by atoms with Crippen LogP contribution < -0.4 is 0 Å². The fourth-order valence-corrected chi connectivity index (χ4v) is 2.10. The predicted octanol–water partition coefficient (Wildman–Crippen LogP) is 2.48. The first-order chi connectivity index (χ1) is 9.53. The van der Waals surface area contributed by atoms with Crippen molar-refractivity contribution in [3.05, 3.63) is 28.7 Å². The van der Waals surface area contributed by atoms with Crippen LogP contribution in [-0.2, 0) is 14.2 Å². The van der Waals surface area contributed by atoms with E-state index in [0.29, 0.717) is 19.8 Å². The summed E-state index contributed by atoms with van der Waals surface area (Å²) < 4.78 is 16.0. The van der Waals surface area contributed by atoms with Crippen molar-refractivity contribution in [3.8, 4) is 0 Å². The summed E-state index contributed by atoms with van der Waals surface area (Å²) >= 11 is 0. The van der Waals surface area contributed by atoms with Crippen molar-refractivity contribution in [2.75, 3.05) is 55.2 Å². The van der Waals surface area contributed by atoms with E-state index in [2.05, 4.69) is 17.6 Å². The van der Waals surface area contributed by atoms with Crippen molar-refractivity contribution in [1.82, 2.24) is 4.90 Å². The third-order valence-corrected chi connectivity index (χ3v) is 3.17. The lowest BCUT2D eigenvalue weighted by Gasteiger charge is -2.26. The van der Waals surface area contributed by atoms with Gasteiger partial charge in [0.15, 0.2) is 0 Å². The fourth-order valence-electron chi connectivity index (χ4n) is 2.10. The van der Waals surface area contributed by atoms with E-state index < -0.39 is 0 Å². The second-order valence-corrected chi connectivity index (χ2v) is 4.85. The molecule has 0 aromatic carbocycles. The molecule has 0 aliphatic carbocycles. The van der Waals surface area contributed by atoms with Gasteiger partial charge in [-0.15, -0.1) is 5.73 Å². The average Bonchev–Trinajstić information content (AvgIpc) is 2.41. The number of methoxy groups -OCH3 is 3. The lowest BCUT2D eigenvalue weighted by molar-refractivity contribution is 0.184. The summed E-state index contributed by atoms with van der Waals surface area (Å²) in [6.07, 6.45) is 1.92. The Bertz CT molecular complexity index is 366. The van der Waals surface area contributed by atoms with Crippen LogP contribution >= 0.6 is 0 Å². The minimum atomic E-state index is 0.193. The minimum absolute atomic E-state index is 0.193. The highest BCUT2D eigenvalue weighted by atomic mass is 16.5. The third-order valence-electron chi connectivity index (χ3n) is 3.17. The molecule has 0 aliphatic heterocycles. The maximum absolute atomic E-state index is 5.38. The van der Waals surface area contributed by atoms with Crippen LogP contribution in [0.25, 0.3) is 0 Å². The molecule has 0 aromatic rings. The largest absolute Gasteiger partial charge is 0.380 e. The number of ether oxygens (including phenoxy) is 3. The topological polar surface area (TPSA) is 30.9 Å². The molecule has 0 rings (SSSR count). The van der Waals surface area contributed by atoms with Gasteiger partial charge in [0.25, 0.3) is 0 Å². The van der Waals surface area contributed by atoms with Gasteiger partial charge in [0.05, 0.1) is 19.8 Å². The summed E-state index contributed by atoms with van der Waals surface area (Å²) in [6, 6.07) is 0. The molecular formula is C16H29NO3. The first-order valence-corrected chi connectivity index (χ1v) is 6.79. The Hall–Kier alpha value is -1.06. The Morgan fingerprint density at radius 2 is 1.60 bits per heavy atom. The smallest absolute Gasteiger partial charge is 0.0861 e. The van der Waals surface area contributed by atoms with E-state index in [-0.39, 0.29) is 5.92 Å². The molecular weight excluding hydrogens is 254 g/mol. The molecule has 20 heavy (non-hydrogen) atoms. The van der Waals surface area contributed by atoms with Crippen molar-refractivity contribution < 1.29 is 14.2 Å². The monoisotopic (exact) mass is 283 g/mol. The van der Waals surface area contributed by atoms with Crippen molar-refractivity contribution >= 4 is 0 Å². The zero-order valence-electron chi connectivity index (χ0n) is 13.9. The molecule has 0 amide bonds. The van der Waals surface area contributed by atoms with E-state index in [1.165, 1.54) is 5.57 Å².